The number of ether oxygens (including phenoxy) is 1. The molecule has 1 heterocycles. The van der Waals surface area contributed by atoms with E-state index in [1.807, 2.05) is 30.3 Å². The number of nitrogens with one attached hydrogen (secondary N) is 1. The van der Waals surface area contributed by atoms with Crippen LogP contribution in [0.5, 0.6) is 5.75 Å². The molecule has 34 heavy (non-hydrogen) atoms. The number of anilines is 1. The van der Waals surface area contributed by atoms with Crippen LogP contribution in [0.2, 0.25) is 0 Å². The normalized spacial score (nSPS) is 23.6. The fraction of sp³-hybridized carbons (Fsp3) is 0.400. The molecule has 2 amide bonds. The van der Waals surface area contributed by atoms with Crippen LogP contribution in [0.1, 0.15) is 18.4 Å². The van der Waals surface area contributed by atoms with Crippen molar-refractivity contribution in [1.29, 1.82) is 5.26 Å². The fourth-order valence-corrected chi connectivity index (χ4v) is 4.18. The molecule has 2 aromatic carbocycles. The lowest BCUT2D eigenvalue weighted by Crippen LogP contribution is -2.50. The first-order valence-corrected chi connectivity index (χ1v) is 11.3. The van der Waals surface area contributed by atoms with Gasteiger partial charge in [0.2, 0.25) is 11.8 Å². The van der Waals surface area contributed by atoms with E-state index in [0.717, 1.165) is 11.1 Å². The summed E-state index contributed by atoms with van der Waals surface area (Å²) in [5.41, 5.74) is 9.03. The highest BCUT2D eigenvalue weighted by Crippen LogP contribution is 2.38. The van der Waals surface area contributed by atoms with E-state index < -0.39 is 24.8 Å². The largest absolute Gasteiger partial charge is 0.487 e. The van der Waals surface area contributed by atoms with Gasteiger partial charge in [0.25, 0.3) is 0 Å². The van der Waals surface area contributed by atoms with Crippen molar-refractivity contribution < 1.29 is 23.8 Å². The van der Waals surface area contributed by atoms with Gasteiger partial charge in [-0.1, -0.05) is 18.2 Å². The Morgan fingerprint density at radius 3 is 2.74 bits per heavy atom. The van der Waals surface area contributed by atoms with E-state index >= 15 is 0 Å². The zero-order valence-electron chi connectivity index (χ0n) is 18.6. The van der Waals surface area contributed by atoms with Crippen LogP contribution >= 0.6 is 0 Å². The van der Waals surface area contributed by atoms with Gasteiger partial charge in [-0.05, 0) is 41.8 Å². The van der Waals surface area contributed by atoms with Crippen molar-refractivity contribution in [2.24, 2.45) is 17.6 Å². The molecule has 0 spiro atoms. The van der Waals surface area contributed by atoms with E-state index in [1.54, 1.807) is 12.1 Å². The smallest absolute Gasteiger partial charge is 0.248 e. The summed E-state index contributed by atoms with van der Waals surface area (Å²) >= 11 is 0. The van der Waals surface area contributed by atoms with E-state index in [4.69, 9.17) is 20.8 Å². The molecular formula is C25H27FN4O4. The van der Waals surface area contributed by atoms with E-state index in [0.29, 0.717) is 36.4 Å². The SMILES string of the molecule is N#CC1CC1C(=O)Nc1cccc(-c2ccc(O[C@H]3CCN(C(=O)CO)C[C@H]3F)c(CN)c2)c1. The van der Waals surface area contributed by atoms with Gasteiger partial charge < -0.3 is 25.8 Å². The second-order valence-electron chi connectivity index (χ2n) is 8.63. The number of nitriles is 1. The molecule has 0 radical (unpaired) electrons. The molecule has 1 saturated heterocycles. The Kier molecular flexibility index (Phi) is 7.10. The molecule has 1 aliphatic carbocycles. The number of carbonyl (C=O) groups is 2. The van der Waals surface area contributed by atoms with Crippen molar-refractivity contribution in [2.75, 3.05) is 25.0 Å². The summed E-state index contributed by atoms with van der Waals surface area (Å²) in [4.78, 5) is 25.2. The number of aliphatic hydroxyl groups is 1. The van der Waals surface area contributed by atoms with Crippen LogP contribution in [0.4, 0.5) is 10.1 Å². The summed E-state index contributed by atoms with van der Waals surface area (Å²) in [5, 5.41) is 20.8. The summed E-state index contributed by atoms with van der Waals surface area (Å²) < 4.78 is 20.6. The number of carbonyl (C=O) groups excluding carboxylic acids is 2. The van der Waals surface area contributed by atoms with Gasteiger partial charge in [0.1, 0.15) is 18.5 Å². The monoisotopic (exact) mass is 466 g/mol. The lowest BCUT2D eigenvalue weighted by atomic mass is 10.0. The lowest BCUT2D eigenvalue weighted by molar-refractivity contribution is -0.138. The van der Waals surface area contributed by atoms with Gasteiger partial charge in [0.05, 0.1) is 24.4 Å². The highest BCUT2D eigenvalue weighted by Gasteiger charge is 2.43. The van der Waals surface area contributed by atoms with Gasteiger partial charge in [-0.2, -0.15) is 5.26 Å². The molecule has 8 nitrogen and oxygen atoms in total. The van der Waals surface area contributed by atoms with Crippen LogP contribution < -0.4 is 15.8 Å². The number of likely N-dealkylation sites (tertiary alicyclic amines) is 1. The maximum atomic E-state index is 14.6. The van der Waals surface area contributed by atoms with Crippen LogP contribution in [0.3, 0.4) is 0 Å². The molecule has 0 aromatic heterocycles. The van der Waals surface area contributed by atoms with E-state index in [2.05, 4.69) is 11.4 Å². The first kappa shape index (κ1) is 23.7. The summed E-state index contributed by atoms with van der Waals surface area (Å²) in [6.45, 7) is -0.248. The number of rotatable bonds is 7. The average molecular weight is 467 g/mol. The third-order valence-corrected chi connectivity index (χ3v) is 6.28. The minimum atomic E-state index is -1.37. The Labute approximate surface area is 197 Å². The highest BCUT2D eigenvalue weighted by molar-refractivity contribution is 5.95. The van der Waals surface area contributed by atoms with Crippen molar-refractivity contribution in [2.45, 2.75) is 31.7 Å². The number of alkyl halides is 1. The second-order valence-corrected chi connectivity index (χ2v) is 8.63. The van der Waals surface area contributed by atoms with Gasteiger partial charge in [-0.15, -0.1) is 0 Å². The van der Waals surface area contributed by atoms with Crippen LogP contribution in [-0.2, 0) is 16.1 Å². The summed E-state index contributed by atoms with van der Waals surface area (Å²) in [5.74, 6) is -0.603. The van der Waals surface area contributed by atoms with Crippen molar-refractivity contribution in [1.82, 2.24) is 4.90 Å². The number of hydrogen-bond acceptors (Lipinski definition) is 6. The lowest BCUT2D eigenvalue weighted by Gasteiger charge is -2.34. The zero-order valence-corrected chi connectivity index (χ0v) is 18.6. The molecule has 0 bridgehead atoms. The minimum absolute atomic E-state index is 0.116. The van der Waals surface area contributed by atoms with Crippen molar-refractivity contribution in [3.63, 3.8) is 0 Å². The van der Waals surface area contributed by atoms with Gasteiger partial charge in [0.15, 0.2) is 6.17 Å². The molecule has 2 aromatic rings. The molecule has 1 saturated carbocycles. The summed E-state index contributed by atoms with van der Waals surface area (Å²) in [6, 6.07) is 15.0. The number of piperidine rings is 1. The number of aliphatic hydroxyl groups excluding tert-OH is 1. The van der Waals surface area contributed by atoms with Crippen LogP contribution in [0.25, 0.3) is 11.1 Å². The second kappa shape index (κ2) is 10.2. The number of nitrogens with two attached hydrogens (primary N) is 1. The molecule has 178 valence electrons. The van der Waals surface area contributed by atoms with Gasteiger partial charge in [-0.3, -0.25) is 9.59 Å². The Hall–Kier alpha value is -3.48. The van der Waals surface area contributed by atoms with Crippen molar-refractivity contribution in [3.8, 4) is 22.9 Å². The highest BCUT2D eigenvalue weighted by atomic mass is 19.1. The third kappa shape index (κ3) is 5.19. The Balaban J connectivity index is 1.45. The van der Waals surface area contributed by atoms with Crippen LogP contribution in [0, 0.1) is 23.2 Å². The van der Waals surface area contributed by atoms with E-state index in [-0.39, 0.29) is 30.8 Å². The molecule has 9 heteroatoms. The quantitative estimate of drug-likeness (QED) is 0.574. The Bertz CT molecular complexity index is 1120. The number of benzene rings is 2. The molecule has 4 rings (SSSR count). The van der Waals surface area contributed by atoms with Crippen molar-refractivity contribution >= 4 is 17.5 Å². The molecule has 2 unspecified atom stereocenters. The zero-order chi connectivity index (χ0) is 24.2. The molecule has 2 fully saturated rings. The van der Waals surface area contributed by atoms with E-state index in [9.17, 15) is 14.0 Å². The number of nitrogens with zero attached hydrogens (tertiary/aromatic N) is 2. The fourth-order valence-electron chi connectivity index (χ4n) is 4.18. The predicted molar refractivity (Wildman–Crippen MR) is 123 cm³/mol. The maximum Gasteiger partial charge on any atom is 0.248 e. The minimum Gasteiger partial charge on any atom is -0.487 e. The predicted octanol–water partition coefficient (Wildman–Crippen LogP) is 2.22. The molecular weight excluding hydrogens is 439 g/mol. The van der Waals surface area contributed by atoms with Gasteiger partial charge in [-0.25, -0.2) is 4.39 Å². The standard InChI is InChI=1S/C25H27FN4O4/c26-21-13-30(24(32)14-31)7-6-23(21)34-22-5-4-16(8-18(22)12-28)15-2-1-3-19(9-15)29-25(33)20-10-17(20)11-27/h1-5,8-9,17,20-21,23,31H,6-7,10,12-14,28H2,(H,29,33)/t17?,20?,21-,23+/m1/s1. The van der Waals surface area contributed by atoms with Crippen LogP contribution in [-0.4, -0.2) is 53.8 Å². The first-order valence-electron chi connectivity index (χ1n) is 11.3. The summed E-state index contributed by atoms with van der Waals surface area (Å²) in [6.07, 6.45) is -1.17. The number of halogens is 1. The van der Waals surface area contributed by atoms with E-state index in [1.165, 1.54) is 4.90 Å². The Morgan fingerprint density at radius 1 is 1.26 bits per heavy atom. The average Bonchev–Trinajstić information content (AvgIpc) is 3.65. The number of hydrogen-bond donors (Lipinski definition) is 3. The van der Waals surface area contributed by atoms with Gasteiger partial charge in [0, 0.05) is 30.8 Å². The van der Waals surface area contributed by atoms with Gasteiger partial charge >= 0.3 is 0 Å². The third-order valence-electron chi connectivity index (χ3n) is 6.28. The van der Waals surface area contributed by atoms with Crippen molar-refractivity contribution in [3.05, 3.63) is 48.0 Å². The molecule has 4 N–H and O–H groups in total. The molecule has 1 aliphatic heterocycles. The van der Waals surface area contributed by atoms with Crippen LogP contribution in [0.15, 0.2) is 42.5 Å². The topological polar surface area (TPSA) is 129 Å². The maximum absolute atomic E-state index is 14.6. The number of amides is 2. The molecule has 4 atom stereocenters. The Morgan fingerprint density at radius 2 is 2.06 bits per heavy atom. The first-order chi connectivity index (χ1) is 16.4. The summed E-state index contributed by atoms with van der Waals surface area (Å²) in [7, 11) is 0. The molecule has 2 aliphatic rings.